The lowest BCUT2D eigenvalue weighted by Crippen LogP contribution is -2.18. The number of anilines is 1. The van der Waals surface area contributed by atoms with Crippen LogP contribution in [-0.4, -0.2) is 20.8 Å². The average molecular weight is 270 g/mol. The first-order chi connectivity index (χ1) is 9.83. The maximum atomic E-state index is 4.17. The van der Waals surface area contributed by atoms with Crippen LogP contribution in [0, 0.1) is 0 Å². The summed E-state index contributed by atoms with van der Waals surface area (Å²) < 4.78 is 1.95. The summed E-state index contributed by atoms with van der Waals surface area (Å²) in [6, 6.07) is 9.11. The maximum Gasteiger partial charge on any atom is 0.163 e. The molecule has 0 aliphatic heterocycles. The molecule has 1 heterocycles. The van der Waals surface area contributed by atoms with Gasteiger partial charge in [-0.3, -0.25) is 0 Å². The maximum absolute atomic E-state index is 4.17. The molecular weight excluding hydrogens is 248 g/mol. The number of benzene rings is 1. The molecule has 20 heavy (non-hydrogen) atoms. The van der Waals surface area contributed by atoms with Gasteiger partial charge in [0.2, 0.25) is 0 Å². The Morgan fingerprint density at radius 1 is 1.15 bits per heavy atom. The smallest absolute Gasteiger partial charge is 0.163 e. The van der Waals surface area contributed by atoms with Gasteiger partial charge in [-0.05, 0) is 25.0 Å². The van der Waals surface area contributed by atoms with Gasteiger partial charge in [0.1, 0.15) is 6.33 Å². The molecule has 106 valence electrons. The molecule has 1 aliphatic carbocycles. The van der Waals surface area contributed by atoms with Gasteiger partial charge in [0.05, 0.1) is 0 Å². The highest BCUT2D eigenvalue weighted by molar-refractivity contribution is 5.62. The van der Waals surface area contributed by atoms with Crippen LogP contribution in [0.2, 0.25) is 0 Å². The molecule has 1 aromatic heterocycles. The van der Waals surface area contributed by atoms with Crippen molar-refractivity contribution in [2.45, 2.75) is 44.6 Å². The van der Waals surface area contributed by atoms with Crippen LogP contribution in [0.4, 0.5) is 5.69 Å². The molecule has 1 fully saturated rings. The first-order valence-electron chi connectivity index (χ1n) is 7.54. The molecule has 0 bridgehead atoms. The van der Waals surface area contributed by atoms with Gasteiger partial charge < -0.3 is 9.88 Å². The largest absolute Gasteiger partial charge is 0.382 e. The van der Waals surface area contributed by atoms with Crippen molar-refractivity contribution >= 4 is 5.69 Å². The van der Waals surface area contributed by atoms with Crippen LogP contribution >= 0.6 is 0 Å². The van der Waals surface area contributed by atoms with E-state index in [9.17, 15) is 0 Å². The van der Waals surface area contributed by atoms with Gasteiger partial charge >= 0.3 is 0 Å². The molecule has 1 aliphatic rings. The van der Waals surface area contributed by atoms with Gasteiger partial charge in [0, 0.05) is 24.3 Å². The van der Waals surface area contributed by atoms with Crippen molar-refractivity contribution in [3.05, 3.63) is 30.6 Å². The molecule has 0 saturated heterocycles. The lowest BCUT2D eigenvalue weighted by molar-refractivity contribution is 0.620. The second-order valence-electron chi connectivity index (χ2n) is 5.68. The van der Waals surface area contributed by atoms with E-state index in [4.69, 9.17) is 0 Å². The van der Waals surface area contributed by atoms with Gasteiger partial charge in [-0.15, -0.1) is 10.2 Å². The van der Waals surface area contributed by atoms with Crippen molar-refractivity contribution in [1.29, 1.82) is 0 Å². The highest BCUT2D eigenvalue weighted by atomic mass is 15.2. The summed E-state index contributed by atoms with van der Waals surface area (Å²) >= 11 is 0. The lowest BCUT2D eigenvalue weighted by atomic mass is 10.1. The van der Waals surface area contributed by atoms with Crippen molar-refractivity contribution in [2.75, 3.05) is 5.32 Å². The van der Waals surface area contributed by atoms with E-state index in [0.717, 1.165) is 11.4 Å². The van der Waals surface area contributed by atoms with Crippen LogP contribution in [0.15, 0.2) is 30.6 Å². The minimum atomic E-state index is 0.618. The van der Waals surface area contributed by atoms with Gasteiger partial charge in [-0.1, -0.05) is 37.8 Å². The molecule has 0 amide bonds. The predicted octanol–water partition coefficient (Wildman–Crippen LogP) is 3.62. The fourth-order valence-corrected chi connectivity index (χ4v) is 2.95. The summed E-state index contributed by atoms with van der Waals surface area (Å²) in [7, 11) is 1.97. The quantitative estimate of drug-likeness (QED) is 0.866. The van der Waals surface area contributed by atoms with E-state index in [-0.39, 0.29) is 0 Å². The molecule has 1 saturated carbocycles. The minimum Gasteiger partial charge on any atom is -0.382 e. The second-order valence-corrected chi connectivity index (χ2v) is 5.68. The third kappa shape index (κ3) is 3.00. The first-order valence-corrected chi connectivity index (χ1v) is 7.54. The van der Waals surface area contributed by atoms with Gasteiger partial charge in [0.15, 0.2) is 5.82 Å². The van der Waals surface area contributed by atoms with Gasteiger partial charge in [0.25, 0.3) is 0 Å². The average Bonchev–Trinajstić information content (AvgIpc) is 2.72. The normalized spacial score (nSPS) is 16.9. The van der Waals surface area contributed by atoms with E-state index in [1.807, 2.05) is 11.6 Å². The third-order valence-corrected chi connectivity index (χ3v) is 4.06. The zero-order chi connectivity index (χ0) is 13.8. The Bertz CT molecular complexity index is 553. The summed E-state index contributed by atoms with van der Waals surface area (Å²) in [5.74, 6) is 0.912. The van der Waals surface area contributed by atoms with Crippen LogP contribution in [0.3, 0.4) is 0 Å². The first kappa shape index (κ1) is 13.2. The van der Waals surface area contributed by atoms with Crippen molar-refractivity contribution in [3.63, 3.8) is 0 Å². The number of rotatable bonds is 3. The predicted molar refractivity (Wildman–Crippen MR) is 81.6 cm³/mol. The molecule has 0 radical (unpaired) electrons. The van der Waals surface area contributed by atoms with Crippen LogP contribution in [0.5, 0.6) is 0 Å². The molecule has 0 unspecified atom stereocenters. The van der Waals surface area contributed by atoms with E-state index in [1.165, 1.54) is 44.2 Å². The van der Waals surface area contributed by atoms with Crippen LogP contribution in [0.1, 0.15) is 38.5 Å². The van der Waals surface area contributed by atoms with Crippen LogP contribution in [0.25, 0.3) is 11.4 Å². The number of aromatic nitrogens is 3. The van der Waals surface area contributed by atoms with E-state index in [1.54, 1.807) is 6.33 Å². The summed E-state index contributed by atoms with van der Waals surface area (Å²) in [5.41, 5.74) is 2.31. The third-order valence-electron chi connectivity index (χ3n) is 4.06. The number of nitrogens with zero attached hydrogens (tertiary/aromatic N) is 3. The molecule has 2 aromatic rings. The summed E-state index contributed by atoms with van der Waals surface area (Å²) in [6.45, 7) is 0. The molecule has 0 spiro atoms. The minimum absolute atomic E-state index is 0.618. The Labute approximate surface area is 120 Å². The highest BCUT2D eigenvalue weighted by Crippen LogP contribution is 2.24. The highest BCUT2D eigenvalue weighted by Gasteiger charge is 2.12. The monoisotopic (exact) mass is 270 g/mol. The number of aryl methyl sites for hydroxylation is 1. The lowest BCUT2D eigenvalue weighted by Gasteiger charge is -2.18. The van der Waals surface area contributed by atoms with Gasteiger partial charge in [-0.2, -0.15) is 0 Å². The fourth-order valence-electron chi connectivity index (χ4n) is 2.95. The molecule has 4 heteroatoms. The Balaban J connectivity index is 1.76. The SMILES string of the molecule is Cn1cnnc1-c1cccc(NC2CCCCCC2)c1. The fraction of sp³-hybridized carbons (Fsp3) is 0.500. The van der Waals surface area contributed by atoms with E-state index in [2.05, 4.69) is 39.8 Å². The molecule has 4 nitrogen and oxygen atoms in total. The summed E-state index contributed by atoms with van der Waals surface area (Å²) in [5, 5.41) is 11.8. The van der Waals surface area contributed by atoms with E-state index in [0.29, 0.717) is 6.04 Å². The van der Waals surface area contributed by atoms with Crippen LogP contribution in [-0.2, 0) is 7.05 Å². The van der Waals surface area contributed by atoms with E-state index < -0.39 is 0 Å². The van der Waals surface area contributed by atoms with E-state index >= 15 is 0 Å². The molecule has 1 aromatic carbocycles. The number of hydrogen-bond acceptors (Lipinski definition) is 3. The Morgan fingerprint density at radius 2 is 1.95 bits per heavy atom. The molecule has 0 atom stereocenters. The van der Waals surface area contributed by atoms with Crippen molar-refractivity contribution in [3.8, 4) is 11.4 Å². The van der Waals surface area contributed by atoms with Crippen molar-refractivity contribution < 1.29 is 0 Å². The Morgan fingerprint density at radius 3 is 2.65 bits per heavy atom. The zero-order valence-corrected chi connectivity index (χ0v) is 12.0. The topological polar surface area (TPSA) is 42.7 Å². The summed E-state index contributed by atoms with van der Waals surface area (Å²) in [4.78, 5) is 0. The Kier molecular flexibility index (Phi) is 4.00. The molecule has 1 N–H and O–H groups in total. The molecule has 3 rings (SSSR count). The molecular formula is C16H22N4. The van der Waals surface area contributed by atoms with Crippen molar-refractivity contribution in [1.82, 2.24) is 14.8 Å². The van der Waals surface area contributed by atoms with Crippen LogP contribution < -0.4 is 5.32 Å². The standard InChI is InChI=1S/C16H22N4/c1-20-12-17-19-16(20)13-7-6-10-15(11-13)18-14-8-4-2-3-5-9-14/h6-7,10-12,14,18H,2-5,8-9H2,1H3. The number of hydrogen-bond donors (Lipinski definition) is 1. The zero-order valence-electron chi connectivity index (χ0n) is 12.0. The Hall–Kier alpha value is -1.84. The van der Waals surface area contributed by atoms with Gasteiger partial charge in [-0.25, -0.2) is 0 Å². The summed E-state index contributed by atoms with van der Waals surface area (Å²) in [6.07, 6.45) is 9.78. The second kappa shape index (κ2) is 6.07. The number of nitrogens with one attached hydrogen (secondary N) is 1. The van der Waals surface area contributed by atoms with Crippen molar-refractivity contribution in [2.24, 2.45) is 7.05 Å².